The number of rotatable bonds is 5. The molecule has 0 aliphatic carbocycles. The van der Waals surface area contributed by atoms with Crippen molar-refractivity contribution in [1.82, 2.24) is 4.90 Å². The Labute approximate surface area is 142 Å². The molecule has 1 aromatic carbocycles. The third kappa shape index (κ3) is 8.72. The molecule has 0 radical (unpaired) electrons. The third-order valence-corrected chi connectivity index (χ3v) is 2.94. The maximum absolute atomic E-state index is 4.00. The Balaban J connectivity index is 0.00000441. The molecular weight excluding hydrogens is 290 g/mol. The monoisotopic (exact) mass is 317 g/mol. The quantitative estimate of drug-likeness (QED) is 0.676. The molecule has 0 bridgehead atoms. The van der Waals surface area contributed by atoms with E-state index >= 15 is 0 Å². The molecule has 0 saturated carbocycles. The minimum absolute atomic E-state index is 0. The molecule has 0 amide bonds. The van der Waals surface area contributed by atoms with Crippen LogP contribution in [0.2, 0.25) is 0 Å². The molecule has 2 heteroatoms. The van der Waals surface area contributed by atoms with E-state index in [1.165, 1.54) is 11.1 Å². The summed E-state index contributed by atoms with van der Waals surface area (Å²) in [6.45, 7) is 14.2. The lowest BCUT2D eigenvalue weighted by Gasteiger charge is -2.15. The minimum Gasteiger partial charge on any atom is -0.298 e. The van der Waals surface area contributed by atoms with E-state index in [1.807, 2.05) is 13.0 Å². The van der Waals surface area contributed by atoms with Crippen LogP contribution >= 0.6 is 12.4 Å². The van der Waals surface area contributed by atoms with Crippen molar-refractivity contribution in [2.45, 2.75) is 34.2 Å². The van der Waals surface area contributed by atoms with E-state index < -0.39 is 0 Å². The molecule has 120 valence electrons. The van der Waals surface area contributed by atoms with Crippen LogP contribution in [0, 0.1) is 17.3 Å². The normalized spacial score (nSPS) is 11.0. The van der Waals surface area contributed by atoms with Crippen LogP contribution in [0.4, 0.5) is 0 Å². The van der Waals surface area contributed by atoms with Crippen LogP contribution in [0.5, 0.6) is 0 Å². The molecule has 1 aromatic rings. The first-order valence-electron chi connectivity index (χ1n) is 7.39. The second kappa shape index (κ2) is 9.51. The third-order valence-electron chi connectivity index (χ3n) is 2.94. The zero-order valence-electron chi connectivity index (χ0n) is 14.4. The maximum atomic E-state index is 4.00. The van der Waals surface area contributed by atoms with Crippen molar-refractivity contribution in [3.8, 4) is 11.8 Å². The van der Waals surface area contributed by atoms with Gasteiger partial charge in [0.15, 0.2) is 0 Å². The van der Waals surface area contributed by atoms with Crippen LogP contribution in [-0.4, -0.2) is 18.5 Å². The number of halogens is 1. The van der Waals surface area contributed by atoms with E-state index in [4.69, 9.17) is 0 Å². The topological polar surface area (TPSA) is 3.24 Å². The van der Waals surface area contributed by atoms with Gasteiger partial charge in [-0.25, -0.2) is 0 Å². The van der Waals surface area contributed by atoms with Crippen LogP contribution in [0.15, 0.2) is 43.0 Å². The molecule has 0 saturated heterocycles. The van der Waals surface area contributed by atoms with E-state index in [2.05, 4.69) is 81.5 Å². The fourth-order valence-electron chi connectivity index (χ4n) is 1.86. The Bertz CT molecular complexity index is 567. The van der Waals surface area contributed by atoms with Crippen molar-refractivity contribution in [2.24, 2.45) is 5.41 Å². The van der Waals surface area contributed by atoms with Crippen LogP contribution in [0.3, 0.4) is 0 Å². The number of hydrogen-bond acceptors (Lipinski definition) is 1. The van der Waals surface area contributed by atoms with Crippen LogP contribution in [0.1, 0.15) is 38.8 Å². The molecule has 0 aromatic heterocycles. The molecule has 1 nitrogen and oxygen atoms in total. The van der Waals surface area contributed by atoms with Crippen molar-refractivity contribution < 1.29 is 0 Å². The van der Waals surface area contributed by atoms with Gasteiger partial charge < -0.3 is 0 Å². The lowest BCUT2D eigenvalue weighted by Crippen LogP contribution is -2.17. The summed E-state index contributed by atoms with van der Waals surface area (Å²) in [4.78, 5) is 2.27. The largest absolute Gasteiger partial charge is 0.298 e. The highest BCUT2D eigenvalue weighted by molar-refractivity contribution is 5.85. The molecule has 0 atom stereocenters. The number of nitrogens with zero attached hydrogens (tertiary/aromatic N) is 1. The van der Waals surface area contributed by atoms with Gasteiger partial charge in [0.25, 0.3) is 0 Å². The Morgan fingerprint density at radius 2 is 2.00 bits per heavy atom. The van der Waals surface area contributed by atoms with Gasteiger partial charge in [-0.1, -0.05) is 54.3 Å². The van der Waals surface area contributed by atoms with Gasteiger partial charge >= 0.3 is 0 Å². The summed E-state index contributed by atoms with van der Waals surface area (Å²) >= 11 is 0. The second-order valence-corrected chi connectivity index (χ2v) is 6.60. The zero-order chi connectivity index (χ0) is 15.9. The molecule has 0 fully saturated rings. The van der Waals surface area contributed by atoms with Crippen molar-refractivity contribution in [2.75, 3.05) is 13.6 Å². The lowest BCUT2D eigenvalue weighted by atomic mass is 9.98. The molecule has 1 rings (SSSR count). The van der Waals surface area contributed by atoms with E-state index in [-0.39, 0.29) is 17.8 Å². The summed E-state index contributed by atoms with van der Waals surface area (Å²) in [6, 6.07) is 8.57. The maximum Gasteiger partial charge on any atom is 0.0234 e. The van der Waals surface area contributed by atoms with Gasteiger partial charge in [-0.2, -0.15) is 0 Å². The van der Waals surface area contributed by atoms with Crippen molar-refractivity contribution in [3.63, 3.8) is 0 Å². The molecule has 0 spiro atoms. The summed E-state index contributed by atoms with van der Waals surface area (Å²) in [7, 11) is 2.12. The van der Waals surface area contributed by atoms with E-state index in [0.717, 1.165) is 18.7 Å². The minimum atomic E-state index is 0. The molecule has 0 aliphatic heterocycles. The van der Waals surface area contributed by atoms with Gasteiger partial charge in [-0.15, -0.1) is 12.4 Å². The fraction of sp³-hybridized carbons (Fsp3) is 0.400. The molecule has 22 heavy (non-hydrogen) atoms. The summed E-state index contributed by atoms with van der Waals surface area (Å²) < 4.78 is 0. The predicted octanol–water partition coefficient (Wildman–Crippen LogP) is 5.18. The highest BCUT2D eigenvalue weighted by Gasteiger charge is 2.02. The second-order valence-electron chi connectivity index (χ2n) is 6.60. The molecule has 0 N–H and O–H groups in total. The highest BCUT2D eigenvalue weighted by atomic mass is 35.5. The van der Waals surface area contributed by atoms with Crippen molar-refractivity contribution in [3.05, 3.63) is 54.1 Å². The Hall–Kier alpha value is -1.49. The number of benzene rings is 1. The van der Waals surface area contributed by atoms with E-state index in [0.29, 0.717) is 0 Å². The number of likely N-dealkylation sites (N-methyl/N-ethyl adjacent to an activating group) is 1. The van der Waals surface area contributed by atoms with Crippen LogP contribution < -0.4 is 0 Å². The van der Waals surface area contributed by atoms with E-state index in [1.54, 1.807) is 0 Å². The summed E-state index contributed by atoms with van der Waals surface area (Å²) in [5.41, 5.74) is 3.70. The smallest absolute Gasteiger partial charge is 0.0234 e. The standard InChI is InChI=1S/C20H27N.ClH/c1-17(2)19-12-10-11-18(15-19)16-21(6)14-9-7-8-13-20(3,4)5;/h7,9-12,15H,1,14,16H2,2-6H3;1H. The summed E-state index contributed by atoms with van der Waals surface area (Å²) in [5, 5.41) is 0. The lowest BCUT2D eigenvalue weighted by molar-refractivity contribution is 0.363. The van der Waals surface area contributed by atoms with Gasteiger partial charge in [-0.3, -0.25) is 4.90 Å². The first-order chi connectivity index (χ1) is 9.78. The summed E-state index contributed by atoms with van der Waals surface area (Å²) in [5.74, 6) is 6.30. The van der Waals surface area contributed by atoms with Gasteiger partial charge in [0, 0.05) is 18.5 Å². The van der Waals surface area contributed by atoms with Gasteiger partial charge in [0.1, 0.15) is 0 Å². The Morgan fingerprint density at radius 3 is 2.59 bits per heavy atom. The molecular formula is C20H28ClN. The van der Waals surface area contributed by atoms with E-state index in [9.17, 15) is 0 Å². The fourth-order valence-corrected chi connectivity index (χ4v) is 1.86. The van der Waals surface area contributed by atoms with Crippen molar-refractivity contribution in [1.29, 1.82) is 0 Å². The van der Waals surface area contributed by atoms with Gasteiger partial charge in [-0.05, 0) is 51.9 Å². The summed E-state index contributed by atoms with van der Waals surface area (Å²) in [6.07, 6.45) is 4.06. The van der Waals surface area contributed by atoms with Crippen LogP contribution in [0.25, 0.3) is 5.57 Å². The average Bonchev–Trinajstić information content (AvgIpc) is 2.37. The Morgan fingerprint density at radius 1 is 1.32 bits per heavy atom. The van der Waals surface area contributed by atoms with Crippen molar-refractivity contribution >= 4 is 18.0 Å². The Kier molecular flexibility index (Phi) is 8.87. The predicted molar refractivity (Wildman–Crippen MR) is 101 cm³/mol. The first kappa shape index (κ1) is 20.5. The average molecular weight is 318 g/mol. The molecule has 0 unspecified atom stereocenters. The molecule has 0 aliphatic rings. The van der Waals surface area contributed by atoms with Gasteiger partial charge in [0.2, 0.25) is 0 Å². The number of allylic oxidation sites excluding steroid dienone is 2. The highest BCUT2D eigenvalue weighted by Crippen LogP contribution is 2.14. The van der Waals surface area contributed by atoms with Crippen LogP contribution in [-0.2, 0) is 6.54 Å². The SMILES string of the molecule is C=C(C)c1cccc(CN(C)CC=CC#CC(C)(C)C)c1.Cl. The molecule has 0 heterocycles. The number of hydrogen-bond donors (Lipinski definition) is 0. The zero-order valence-corrected chi connectivity index (χ0v) is 15.3. The van der Waals surface area contributed by atoms with Gasteiger partial charge in [0.05, 0.1) is 0 Å². The first-order valence-corrected chi connectivity index (χ1v) is 7.39.